The van der Waals surface area contributed by atoms with Crippen molar-refractivity contribution < 1.29 is 124 Å². The Morgan fingerprint density at radius 1 is 0.525 bits per heavy atom. The number of rotatable bonds is 13. The zero-order valence-electron chi connectivity index (χ0n) is 46.6. The molecule has 25 nitrogen and oxygen atoms in total. The minimum absolute atomic E-state index is 0.0108. The molecule has 4 heterocycles. The van der Waals surface area contributed by atoms with Crippen molar-refractivity contribution in [3.8, 4) is 0 Å². The molecule has 3 unspecified atom stereocenters. The van der Waals surface area contributed by atoms with Gasteiger partial charge in [0.2, 0.25) is 6.29 Å². The highest BCUT2D eigenvalue weighted by Gasteiger charge is 2.71. The first-order valence-electron chi connectivity index (χ1n) is 28.4. The Morgan fingerprint density at radius 3 is 1.55 bits per heavy atom. The molecule has 4 saturated heterocycles. The monoisotopic (exact) mass is 1150 g/mol. The maximum absolute atomic E-state index is 14.9. The van der Waals surface area contributed by atoms with Gasteiger partial charge < -0.3 is 114 Å². The number of esters is 2. The summed E-state index contributed by atoms with van der Waals surface area (Å²) < 4.78 is 53.6. The molecule has 0 aromatic heterocycles. The predicted molar refractivity (Wildman–Crippen MR) is 269 cm³/mol. The number of allylic oxidation sites excluding steroid dienone is 2. The van der Waals surface area contributed by atoms with E-state index in [9.17, 15) is 81.1 Å². The average molecular weight is 1150 g/mol. The van der Waals surface area contributed by atoms with Crippen LogP contribution in [-0.4, -0.2) is 246 Å². The highest BCUT2D eigenvalue weighted by Crippen LogP contribution is 2.76. The molecule has 9 rings (SSSR count). The predicted octanol–water partition coefficient (Wildman–Crippen LogP) is -2.88. The number of aliphatic hydroxyl groups is 14. The summed E-state index contributed by atoms with van der Waals surface area (Å²) in [5.41, 5.74) is -2.84. The van der Waals surface area contributed by atoms with E-state index in [2.05, 4.69) is 40.7 Å². The summed E-state index contributed by atoms with van der Waals surface area (Å²) in [4.78, 5) is 28.5. The van der Waals surface area contributed by atoms with E-state index in [0.29, 0.717) is 38.5 Å². The molecule has 0 radical (unpaired) electrons. The van der Waals surface area contributed by atoms with Crippen molar-refractivity contribution in [2.75, 3.05) is 33.5 Å². The Bertz CT molecular complexity index is 2230. The molecule has 458 valence electrons. The first kappa shape index (κ1) is 62.4. The lowest BCUT2D eigenvalue weighted by atomic mass is 9.33. The van der Waals surface area contributed by atoms with Crippen LogP contribution in [0.1, 0.15) is 106 Å². The van der Waals surface area contributed by atoms with Crippen LogP contribution in [-0.2, 0) is 52.2 Å². The van der Waals surface area contributed by atoms with Crippen molar-refractivity contribution in [3.05, 3.63) is 11.6 Å². The van der Waals surface area contributed by atoms with E-state index in [1.807, 2.05) is 6.92 Å². The molecule has 0 bridgehead atoms. The summed E-state index contributed by atoms with van der Waals surface area (Å²) >= 11 is 0. The summed E-state index contributed by atoms with van der Waals surface area (Å²) in [6, 6.07) is 0. The maximum atomic E-state index is 14.9. The second-order valence-corrected chi connectivity index (χ2v) is 26.2. The van der Waals surface area contributed by atoms with E-state index in [-0.39, 0.29) is 35.5 Å². The van der Waals surface area contributed by atoms with Crippen molar-refractivity contribution in [1.29, 1.82) is 0 Å². The van der Waals surface area contributed by atoms with Crippen molar-refractivity contribution in [2.45, 2.75) is 235 Å². The van der Waals surface area contributed by atoms with Crippen molar-refractivity contribution in [2.24, 2.45) is 50.2 Å². The smallest absolute Gasteiger partial charge is 0.315 e. The molecule has 25 heteroatoms. The molecular formula is C55H88O25. The van der Waals surface area contributed by atoms with Crippen LogP contribution in [0.2, 0.25) is 0 Å². The Morgan fingerprint density at radius 2 is 1.01 bits per heavy atom. The van der Waals surface area contributed by atoms with Crippen LogP contribution in [0.4, 0.5) is 0 Å². The molecule has 5 aliphatic carbocycles. The number of aliphatic hydroxyl groups excluding tert-OH is 14. The van der Waals surface area contributed by atoms with E-state index < -0.39 is 195 Å². The van der Waals surface area contributed by atoms with Gasteiger partial charge in [-0.15, -0.1) is 0 Å². The number of ether oxygens (including phenoxy) is 9. The first-order chi connectivity index (χ1) is 37.6. The van der Waals surface area contributed by atoms with Gasteiger partial charge in [0.15, 0.2) is 18.9 Å². The fourth-order valence-corrected chi connectivity index (χ4v) is 16.8. The second-order valence-electron chi connectivity index (χ2n) is 26.2. The van der Waals surface area contributed by atoms with E-state index in [0.717, 1.165) is 18.4 Å². The summed E-state index contributed by atoms with van der Waals surface area (Å²) in [7, 11) is 1.34. The van der Waals surface area contributed by atoms with E-state index in [4.69, 9.17) is 42.6 Å². The molecule has 4 aliphatic heterocycles. The van der Waals surface area contributed by atoms with Crippen molar-refractivity contribution in [1.82, 2.24) is 0 Å². The number of fused-ring (bicyclic) bond motifs is 7. The molecule has 9 aliphatic rings. The Kier molecular flexibility index (Phi) is 17.9. The molecule has 14 N–H and O–H groups in total. The van der Waals surface area contributed by atoms with Gasteiger partial charge >= 0.3 is 11.9 Å². The third-order valence-corrected chi connectivity index (χ3v) is 21.9. The summed E-state index contributed by atoms with van der Waals surface area (Å²) in [6.07, 6.45) is -27.4. The molecule has 29 atom stereocenters. The molecule has 0 spiro atoms. The SMILES string of the molecule is COC(=O)[C@@]1(C)CC[C@]2(C(=O)O[C@@H]3O[C@H](CO)[C@@H](O)[C@H](O)[C@H]3O)CC[C@]3(C)C(=CCC4[C@@]5(C)CC[C@H](O[C@@H]6O[C@H](CO)[C@H](O[C@@H]7O[C@H](CO)[C@@H](O)[C@H](O)[C@H]7O)[C@H](O[C@@H]7O[C@H](CO)[C@@H](O)[C@H](O)[C@H]7O)[C@H]6O)C(C)(C)C5CC[C@]43C)C2C1. The lowest BCUT2D eigenvalue weighted by Gasteiger charge is -2.71. The fourth-order valence-electron chi connectivity index (χ4n) is 16.8. The third-order valence-electron chi connectivity index (χ3n) is 21.9. The summed E-state index contributed by atoms with van der Waals surface area (Å²) in [6.45, 7) is 9.84. The number of methoxy groups -OCH3 is 1. The molecule has 4 saturated carbocycles. The fraction of sp³-hybridized carbons (Fsp3) is 0.927. The lowest BCUT2D eigenvalue weighted by molar-refractivity contribution is -0.393. The number of carbonyl (C=O) groups is 2. The minimum Gasteiger partial charge on any atom is -0.469 e. The van der Waals surface area contributed by atoms with Crippen LogP contribution in [0.3, 0.4) is 0 Å². The van der Waals surface area contributed by atoms with Gasteiger partial charge in [-0.3, -0.25) is 9.59 Å². The minimum atomic E-state index is -1.96. The van der Waals surface area contributed by atoms with Gasteiger partial charge in [-0.05, 0) is 111 Å². The normalized spacial score (nSPS) is 53.0. The quantitative estimate of drug-likeness (QED) is 0.0500. The van der Waals surface area contributed by atoms with Gasteiger partial charge in [0.25, 0.3) is 0 Å². The van der Waals surface area contributed by atoms with E-state index in [1.165, 1.54) is 7.11 Å². The third kappa shape index (κ3) is 9.93. The topological polar surface area (TPSA) is 400 Å². The highest BCUT2D eigenvalue weighted by molar-refractivity contribution is 5.81. The summed E-state index contributed by atoms with van der Waals surface area (Å²) in [5.74, 6) is -1.45. The molecular weight excluding hydrogens is 1060 g/mol. The van der Waals surface area contributed by atoms with E-state index in [1.54, 1.807) is 0 Å². The van der Waals surface area contributed by atoms with Crippen LogP contribution in [0.5, 0.6) is 0 Å². The van der Waals surface area contributed by atoms with Crippen LogP contribution in [0.15, 0.2) is 11.6 Å². The van der Waals surface area contributed by atoms with Crippen LogP contribution >= 0.6 is 0 Å². The molecule has 80 heavy (non-hydrogen) atoms. The van der Waals surface area contributed by atoms with Crippen LogP contribution in [0.25, 0.3) is 0 Å². The Labute approximate surface area is 464 Å². The molecule has 0 amide bonds. The van der Waals surface area contributed by atoms with Gasteiger partial charge in [-0.2, -0.15) is 0 Å². The maximum Gasteiger partial charge on any atom is 0.315 e. The largest absolute Gasteiger partial charge is 0.469 e. The molecule has 8 fully saturated rings. The second kappa shape index (κ2) is 22.9. The van der Waals surface area contributed by atoms with Crippen LogP contribution in [0, 0.1) is 50.2 Å². The van der Waals surface area contributed by atoms with Gasteiger partial charge in [0.1, 0.15) is 97.7 Å². The van der Waals surface area contributed by atoms with Crippen molar-refractivity contribution >= 4 is 11.9 Å². The zero-order valence-corrected chi connectivity index (χ0v) is 46.6. The first-order valence-corrected chi connectivity index (χ1v) is 28.4. The number of hydrogen-bond donors (Lipinski definition) is 14. The van der Waals surface area contributed by atoms with Gasteiger partial charge in [-0.25, -0.2) is 0 Å². The lowest BCUT2D eigenvalue weighted by Crippen LogP contribution is -2.68. The highest BCUT2D eigenvalue weighted by atomic mass is 16.8. The Hall–Kier alpha value is -2.16. The standard InChI is InChI=1S/C55H88O25/c1-50(2)29-10-13-54(6)30(9-8-23-24-18-51(3,48(70)72-7)14-16-55(24,17-15-53(23,54)5)49(71)80-46-40(68)37(65)34(62)27(21-58)75-46)52(29,4)12-11-31(50)77-47-41(69)43(79-45-39(67)36(64)33(61)26(20-57)74-45)42(28(22-59)76-47)78-44-38(66)35(63)32(60)25(19-56)73-44/h8,24-47,56-69H,9-22H2,1-7H3/t24?,25-,26-,27-,28-,29?,30?,31+,32-,33-,34-,35+,36+,37+,38-,39-,40-,41-,42+,43-,44+,45+,46+,47+,51+,52+,53-,54-,55+/m1/s1. The van der Waals surface area contributed by atoms with Crippen LogP contribution < -0.4 is 0 Å². The van der Waals surface area contributed by atoms with Gasteiger partial charge in [0, 0.05) is 0 Å². The van der Waals surface area contributed by atoms with E-state index >= 15 is 0 Å². The zero-order chi connectivity index (χ0) is 58.6. The average Bonchev–Trinajstić information content (AvgIpc) is 3.53. The Balaban J connectivity index is 0.981. The van der Waals surface area contributed by atoms with Crippen molar-refractivity contribution in [3.63, 3.8) is 0 Å². The summed E-state index contributed by atoms with van der Waals surface area (Å²) in [5, 5.41) is 149. The van der Waals surface area contributed by atoms with Gasteiger partial charge in [0.05, 0.1) is 50.5 Å². The molecule has 0 aromatic carbocycles. The number of hydrogen-bond acceptors (Lipinski definition) is 25. The van der Waals surface area contributed by atoms with Gasteiger partial charge in [-0.1, -0.05) is 46.3 Å². The number of carbonyl (C=O) groups excluding carboxylic acids is 2. The molecule has 0 aromatic rings.